The number of benzene rings is 2. The SMILES string of the molecule is CN=Cc1cc(-c2oc3c(C(C)Nc4ccc(Cl)nc4C)cc(C)cc3c(=O)c2C)ccc1N. The lowest BCUT2D eigenvalue weighted by molar-refractivity contribution is 0.605. The lowest BCUT2D eigenvalue weighted by Crippen LogP contribution is -2.13. The summed E-state index contributed by atoms with van der Waals surface area (Å²) in [5, 5.41) is 4.48. The van der Waals surface area contributed by atoms with Crippen LogP contribution in [0.15, 0.2) is 56.7 Å². The minimum atomic E-state index is -0.156. The molecule has 0 saturated heterocycles. The van der Waals surface area contributed by atoms with Gasteiger partial charge in [0.2, 0.25) is 0 Å². The number of aliphatic imine (C=N–C) groups is 1. The molecule has 174 valence electrons. The van der Waals surface area contributed by atoms with Gasteiger partial charge in [-0.15, -0.1) is 0 Å². The van der Waals surface area contributed by atoms with Crippen LogP contribution in [0, 0.1) is 20.8 Å². The van der Waals surface area contributed by atoms with E-state index in [0.717, 1.165) is 33.6 Å². The minimum absolute atomic E-state index is 0.0553. The van der Waals surface area contributed by atoms with E-state index in [1.807, 2.05) is 51.1 Å². The highest BCUT2D eigenvalue weighted by Crippen LogP contribution is 2.33. The first-order chi connectivity index (χ1) is 16.2. The van der Waals surface area contributed by atoms with Crippen LogP contribution in [-0.4, -0.2) is 18.2 Å². The maximum absolute atomic E-state index is 13.4. The van der Waals surface area contributed by atoms with Crippen LogP contribution in [0.1, 0.15) is 40.9 Å². The van der Waals surface area contributed by atoms with E-state index in [2.05, 4.69) is 15.3 Å². The summed E-state index contributed by atoms with van der Waals surface area (Å²) >= 11 is 6.01. The molecule has 6 nitrogen and oxygen atoms in total. The maximum atomic E-state index is 13.4. The van der Waals surface area contributed by atoms with Gasteiger partial charge in [0.25, 0.3) is 0 Å². The number of rotatable bonds is 5. The predicted molar refractivity (Wildman–Crippen MR) is 141 cm³/mol. The summed E-state index contributed by atoms with van der Waals surface area (Å²) in [5.41, 5.74) is 12.8. The standard InChI is InChI=1S/C27H27ClN4O2/c1-14-10-20(16(3)31-23-8-9-24(28)32-17(23)4)27-21(11-14)25(33)15(2)26(34-27)18-6-7-22(29)19(12-18)13-30-5/h6-13,16,31H,29H2,1-5H3. The van der Waals surface area contributed by atoms with Gasteiger partial charge in [-0.25, -0.2) is 4.98 Å². The summed E-state index contributed by atoms with van der Waals surface area (Å²) in [6.45, 7) is 7.69. The van der Waals surface area contributed by atoms with Crippen molar-refractivity contribution in [3.8, 4) is 11.3 Å². The lowest BCUT2D eigenvalue weighted by atomic mass is 9.98. The van der Waals surface area contributed by atoms with E-state index in [9.17, 15) is 4.79 Å². The van der Waals surface area contributed by atoms with Crippen molar-refractivity contribution >= 4 is 40.2 Å². The second-order valence-corrected chi connectivity index (χ2v) is 8.87. The molecule has 0 bridgehead atoms. The number of fused-ring (bicyclic) bond motifs is 1. The molecular weight excluding hydrogens is 448 g/mol. The van der Waals surface area contributed by atoms with E-state index >= 15 is 0 Å². The Hall–Kier alpha value is -3.64. The van der Waals surface area contributed by atoms with Gasteiger partial charge in [-0.3, -0.25) is 9.79 Å². The number of aryl methyl sites for hydroxylation is 2. The molecule has 3 N–H and O–H groups in total. The Kier molecular flexibility index (Phi) is 6.44. The zero-order chi connectivity index (χ0) is 24.6. The largest absolute Gasteiger partial charge is 0.455 e. The van der Waals surface area contributed by atoms with Crippen LogP contribution in [-0.2, 0) is 0 Å². The highest BCUT2D eigenvalue weighted by atomic mass is 35.5. The quantitative estimate of drug-likeness (QED) is 0.203. The molecule has 0 aliphatic heterocycles. The van der Waals surface area contributed by atoms with Gasteiger partial charge in [-0.1, -0.05) is 17.7 Å². The summed E-state index contributed by atoms with van der Waals surface area (Å²) in [6.07, 6.45) is 1.69. The number of nitrogen functional groups attached to an aromatic ring is 1. The second kappa shape index (κ2) is 9.31. The Morgan fingerprint density at radius 2 is 1.91 bits per heavy atom. The van der Waals surface area contributed by atoms with Crippen molar-refractivity contribution < 1.29 is 4.42 Å². The van der Waals surface area contributed by atoms with E-state index in [1.54, 1.807) is 32.3 Å². The Balaban J connectivity index is 1.90. The highest BCUT2D eigenvalue weighted by Gasteiger charge is 2.20. The molecule has 34 heavy (non-hydrogen) atoms. The van der Waals surface area contributed by atoms with Gasteiger partial charge in [0.05, 0.1) is 22.8 Å². The summed E-state index contributed by atoms with van der Waals surface area (Å²) in [4.78, 5) is 21.8. The monoisotopic (exact) mass is 474 g/mol. The van der Waals surface area contributed by atoms with Crippen molar-refractivity contribution in [2.75, 3.05) is 18.1 Å². The van der Waals surface area contributed by atoms with E-state index in [-0.39, 0.29) is 11.5 Å². The van der Waals surface area contributed by atoms with Crippen molar-refractivity contribution in [2.24, 2.45) is 4.99 Å². The average Bonchev–Trinajstić information content (AvgIpc) is 2.79. The molecule has 0 radical (unpaired) electrons. The number of halogens is 1. The molecule has 1 unspecified atom stereocenters. The van der Waals surface area contributed by atoms with Crippen molar-refractivity contribution in [3.63, 3.8) is 0 Å². The first-order valence-corrected chi connectivity index (χ1v) is 11.4. The van der Waals surface area contributed by atoms with Gasteiger partial charge in [0, 0.05) is 41.2 Å². The zero-order valence-electron chi connectivity index (χ0n) is 19.9. The van der Waals surface area contributed by atoms with Gasteiger partial charge in [-0.05, 0) is 69.7 Å². The molecule has 2 aromatic heterocycles. The van der Waals surface area contributed by atoms with E-state index in [1.165, 1.54) is 0 Å². The number of hydrogen-bond acceptors (Lipinski definition) is 6. The molecule has 4 rings (SSSR count). The molecule has 1 atom stereocenters. The number of nitrogens with two attached hydrogens (primary N) is 1. The number of hydrogen-bond donors (Lipinski definition) is 2. The summed E-state index contributed by atoms with van der Waals surface area (Å²) in [6, 6.07) is 13.0. The van der Waals surface area contributed by atoms with Crippen LogP contribution in [0.5, 0.6) is 0 Å². The third kappa shape index (κ3) is 4.41. The minimum Gasteiger partial charge on any atom is -0.455 e. The average molecular weight is 475 g/mol. The second-order valence-electron chi connectivity index (χ2n) is 8.48. The molecular formula is C27H27ClN4O2. The fourth-order valence-corrected chi connectivity index (χ4v) is 4.32. The Bertz CT molecular complexity index is 1490. The number of nitrogens with one attached hydrogen (secondary N) is 1. The highest BCUT2D eigenvalue weighted by molar-refractivity contribution is 6.29. The van der Waals surface area contributed by atoms with Crippen LogP contribution in [0.2, 0.25) is 5.15 Å². The van der Waals surface area contributed by atoms with Gasteiger partial charge < -0.3 is 15.5 Å². The molecule has 0 spiro atoms. The summed E-state index contributed by atoms with van der Waals surface area (Å²) in [5.74, 6) is 0.518. The van der Waals surface area contributed by atoms with Crippen LogP contribution in [0.4, 0.5) is 11.4 Å². The summed E-state index contributed by atoms with van der Waals surface area (Å²) < 4.78 is 6.46. The fourth-order valence-electron chi connectivity index (χ4n) is 4.13. The molecule has 0 saturated carbocycles. The van der Waals surface area contributed by atoms with E-state index in [4.69, 9.17) is 21.8 Å². The van der Waals surface area contributed by atoms with Crippen LogP contribution < -0.4 is 16.5 Å². The topological polar surface area (TPSA) is 93.5 Å². The van der Waals surface area contributed by atoms with Crippen LogP contribution >= 0.6 is 11.6 Å². The van der Waals surface area contributed by atoms with Crippen LogP contribution in [0.3, 0.4) is 0 Å². The first-order valence-electron chi connectivity index (χ1n) is 11.0. The number of nitrogens with zero attached hydrogens (tertiary/aromatic N) is 2. The maximum Gasteiger partial charge on any atom is 0.196 e. The molecule has 2 aromatic carbocycles. The Morgan fingerprint density at radius 3 is 2.62 bits per heavy atom. The van der Waals surface area contributed by atoms with Gasteiger partial charge in [0.1, 0.15) is 16.5 Å². The number of anilines is 2. The number of pyridine rings is 1. The summed E-state index contributed by atoms with van der Waals surface area (Å²) in [7, 11) is 1.69. The van der Waals surface area contributed by atoms with Gasteiger partial charge in [-0.2, -0.15) is 0 Å². The smallest absolute Gasteiger partial charge is 0.196 e. The molecule has 0 fully saturated rings. The molecule has 4 aromatic rings. The third-order valence-electron chi connectivity index (χ3n) is 5.90. The fraction of sp³-hybridized carbons (Fsp3) is 0.222. The lowest BCUT2D eigenvalue weighted by Gasteiger charge is -2.20. The van der Waals surface area contributed by atoms with Crippen molar-refractivity contribution in [1.29, 1.82) is 0 Å². The third-order valence-corrected chi connectivity index (χ3v) is 6.11. The molecule has 2 heterocycles. The molecule has 0 aliphatic carbocycles. The normalized spacial score (nSPS) is 12.4. The number of aromatic nitrogens is 1. The van der Waals surface area contributed by atoms with Crippen molar-refractivity contribution in [1.82, 2.24) is 4.98 Å². The Labute approximate surface area is 203 Å². The molecule has 0 aliphatic rings. The zero-order valence-corrected chi connectivity index (χ0v) is 20.6. The first kappa shape index (κ1) is 23.5. The van der Waals surface area contributed by atoms with Gasteiger partial charge in [0.15, 0.2) is 5.43 Å². The van der Waals surface area contributed by atoms with E-state index in [0.29, 0.717) is 33.1 Å². The van der Waals surface area contributed by atoms with Gasteiger partial charge >= 0.3 is 0 Å². The predicted octanol–water partition coefficient (Wildman–Crippen LogP) is 6.24. The molecule has 7 heteroatoms. The van der Waals surface area contributed by atoms with Crippen LogP contribution in [0.25, 0.3) is 22.3 Å². The molecule has 0 amide bonds. The van der Waals surface area contributed by atoms with E-state index < -0.39 is 0 Å². The van der Waals surface area contributed by atoms with Crippen molar-refractivity contribution in [2.45, 2.75) is 33.7 Å². The Morgan fingerprint density at radius 1 is 1.15 bits per heavy atom. The van der Waals surface area contributed by atoms with Crippen molar-refractivity contribution in [3.05, 3.63) is 85.8 Å².